The lowest BCUT2D eigenvalue weighted by atomic mass is 10.0. The molecule has 19 heavy (non-hydrogen) atoms. The Morgan fingerprint density at radius 2 is 1.89 bits per heavy atom. The number of hydrogen-bond donors (Lipinski definition) is 3. The van der Waals surface area contributed by atoms with Gasteiger partial charge in [-0.1, -0.05) is 0 Å². The molecule has 0 bridgehead atoms. The van der Waals surface area contributed by atoms with Gasteiger partial charge in [-0.2, -0.15) is 0 Å². The first-order chi connectivity index (χ1) is 9.06. The standard InChI is InChI=1S/C15H20N2O2/c1-8-6-11(7-12(13(8)16)15(18)19)17-14(9-2-3-9)10-4-5-10/h6-7,9-10,14,17H,2-5,16H2,1H3,(H,18,19). The molecule has 4 N–H and O–H groups in total. The van der Waals surface area contributed by atoms with Crippen LogP contribution in [0.1, 0.15) is 41.6 Å². The molecule has 0 aromatic heterocycles. The highest BCUT2D eigenvalue weighted by molar-refractivity contribution is 5.95. The number of rotatable bonds is 5. The van der Waals surface area contributed by atoms with E-state index in [1.54, 1.807) is 6.07 Å². The average Bonchev–Trinajstić information content (AvgIpc) is 3.23. The summed E-state index contributed by atoms with van der Waals surface area (Å²) in [5.74, 6) is 0.593. The number of nitrogens with one attached hydrogen (secondary N) is 1. The van der Waals surface area contributed by atoms with Gasteiger partial charge in [-0.15, -0.1) is 0 Å². The zero-order valence-electron chi connectivity index (χ0n) is 11.1. The molecule has 0 atom stereocenters. The van der Waals surface area contributed by atoms with E-state index >= 15 is 0 Å². The van der Waals surface area contributed by atoms with Gasteiger partial charge in [0.1, 0.15) is 0 Å². The highest BCUT2D eigenvalue weighted by Crippen LogP contribution is 2.46. The van der Waals surface area contributed by atoms with Gasteiger partial charge in [0.05, 0.1) is 5.56 Å². The summed E-state index contributed by atoms with van der Waals surface area (Å²) in [4.78, 5) is 11.2. The maximum absolute atomic E-state index is 11.2. The number of nitrogens with two attached hydrogens (primary N) is 1. The first kappa shape index (κ1) is 12.3. The number of nitrogen functional groups attached to an aromatic ring is 1. The summed E-state index contributed by atoms with van der Waals surface area (Å²) in [6.07, 6.45) is 5.20. The third kappa shape index (κ3) is 2.53. The number of benzene rings is 1. The fourth-order valence-electron chi connectivity index (χ4n) is 2.78. The van der Waals surface area contributed by atoms with Gasteiger partial charge < -0.3 is 16.2 Å². The van der Waals surface area contributed by atoms with Crippen molar-refractivity contribution < 1.29 is 9.90 Å². The molecular weight excluding hydrogens is 240 g/mol. The molecule has 2 aliphatic rings. The Morgan fingerprint density at radius 3 is 2.37 bits per heavy atom. The van der Waals surface area contributed by atoms with Gasteiger partial charge in [0.25, 0.3) is 0 Å². The van der Waals surface area contributed by atoms with Crippen molar-refractivity contribution in [3.05, 3.63) is 23.3 Å². The number of anilines is 2. The van der Waals surface area contributed by atoms with Crippen molar-refractivity contribution in [2.75, 3.05) is 11.1 Å². The maximum Gasteiger partial charge on any atom is 0.337 e. The summed E-state index contributed by atoms with van der Waals surface area (Å²) in [6.45, 7) is 1.86. The monoisotopic (exact) mass is 260 g/mol. The fourth-order valence-corrected chi connectivity index (χ4v) is 2.78. The second-order valence-electron chi connectivity index (χ2n) is 5.90. The molecule has 2 aliphatic carbocycles. The molecule has 0 amide bonds. The molecule has 0 radical (unpaired) electrons. The van der Waals surface area contributed by atoms with Gasteiger partial charge in [-0.3, -0.25) is 0 Å². The number of carbonyl (C=O) groups is 1. The minimum absolute atomic E-state index is 0.202. The second kappa shape index (κ2) is 4.44. The van der Waals surface area contributed by atoms with E-state index in [-0.39, 0.29) is 5.56 Å². The SMILES string of the molecule is Cc1cc(NC(C2CC2)C2CC2)cc(C(=O)O)c1N. The van der Waals surface area contributed by atoms with Crippen LogP contribution in [-0.2, 0) is 0 Å². The van der Waals surface area contributed by atoms with Crippen molar-refractivity contribution in [2.24, 2.45) is 11.8 Å². The molecule has 0 aliphatic heterocycles. The number of aryl methyl sites for hydroxylation is 1. The van der Waals surface area contributed by atoms with Crippen molar-refractivity contribution in [3.8, 4) is 0 Å². The predicted octanol–water partition coefficient (Wildman–Crippen LogP) is 2.88. The molecule has 3 rings (SSSR count). The zero-order chi connectivity index (χ0) is 13.6. The number of aromatic carboxylic acids is 1. The fraction of sp³-hybridized carbons (Fsp3) is 0.533. The van der Waals surface area contributed by atoms with Crippen LogP contribution in [0.5, 0.6) is 0 Å². The van der Waals surface area contributed by atoms with Crippen LogP contribution in [0.15, 0.2) is 12.1 Å². The second-order valence-corrected chi connectivity index (χ2v) is 5.90. The third-order valence-electron chi connectivity index (χ3n) is 4.21. The molecule has 0 unspecified atom stereocenters. The van der Waals surface area contributed by atoms with E-state index in [2.05, 4.69) is 5.32 Å². The Morgan fingerprint density at radius 1 is 1.32 bits per heavy atom. The summed E-state index contributed by atoms with van der Waals surface area (Å²) >= 11 is 0. The number of carboxylic acids is 1. The summed E-state index contributed by atoms with van der Waals surface area (Å²) in [5.41, 5.74) is 8.11. The lowest BCUT2D eigenvalue weighted by Crippen LogP contribution is -2.24. The van der Waals surface area contributed by atoms with E-state index in [0.717, 1.165) is 23.1 Å². The van der Waals surface area contributed by atoms with E-state index in [9.17, 15) is 9.90 Å². The zero-order valence-corrected chi connectivity index (χ0v) is 11.1. The van der Waals surface area contributed by atoms with E-state index in [0.29, 0.717) is 11.7 Å². The Kier molecular flexibility index (Phi) is 2.88. The van der Waals surface area contributed by atoms with Gasteiger partial charge >= 0.3 is 5.97 Å². The van der Waals surface area contributed by atoms with Crippen LogP contribution in [0, 0.1) is 18.8 Å². The molecule has 102 valence electrons. The largest absolute Gasteiger partial charge is 0.478 e. The van der Waals surface area contributed by atoms with Crippen LogP contribution in [0.3, 0.4) is 0 Å². The molecule has 2 fully saturated rings. The molecule has 4 heteroatoms. The van der Waals surface area contributed by atoms with Crippen molar-refractivity contribution in [2.45, 2.75) is 38.6 Å². The third-order valence-corrected chi connectivity index (χ3v) is 4.21. The molecule has 1 aromatic carbocycles. The van der Waals surface area contributed by atoms with Crippen LogP contribution in [0.4, 0.5) is 11.4 Å². The predicted molar refractivity (Wildman–Crippen MR) is 75.4 cm³/mol. The maximum atomic E-state index is 11.2. The summed E-state index contributed by atoms with van der Waals surface area (Å²) in [5, 5.41) is 12.7. The van der Waals surface area contributed by atoms with Gasteiger partial charge in [0, 0.05) is 17.4 Å². The van der Waals surface area contributed by atoms with E-state index in [1.165, 1.54) is 25.7 Å². The van der Waals surface area contributed by atoms with Gasteiger partial charge in [0.15, 0.2) is 0 Å². The average molecular weight is 260 g/mol. The minimum Gasteiger partial charge on any atom is -0.478 e. The highest BCUT2D eigenvalue weighted by atomic mass is 16.4. The normalized spacial score (nSPS) is 18.6. The molecular formula is C15H20N2O2. The van der Waals surface area contributed by atoms with Gasteiger partial charge in [0.2, 0.25) is 0 Å². The molecule has 1 aromatic rings. The minimum atomic E-state index is -0.960. The lowest BCUT2D eigenvalue weighted by molar-refractivity contribution is 0.0698. The first-order valence-corrected chi connectivity index (χ1v) is 6.96. The van der Waals surface area contributed by atoms with Crippen LogP contribution in [0.25, 0.3) is 0 Å². The van der Waals surface area contributed by atoms with Crippen LogP contribution in [-0.4, -0.2) is 17.1 Å². The first-order valence-electron chi connectivity index (χ1n) is 6.96. The topological polar surface area (TPSA) is 75.3 Å². The highest BCUT2D eigenvalue weighted by Gasteiger charge is 2.41. The van der Waals surface area contributed by atoms with Crippen LogP contribution in [0.2, 0.25) is 0 Å². The summed E-state index contributed by atoms with van der Waals surface area (Å²) in [6, 6.07) is 4.15. The molecule has 4 nitrogen and oxygen atoms in total. The quantitative estimate of drug-likeness (QED) is 0.712. The van der Waals surface area contributed by atoms with Crippen LogP contribution >= 0.6 is 0 Å². The molecule has 0 saturated heterocycles. The van der Waals surface area contributed by atoms with Crippen LogP contribution < -0.4 is 11.1 Å². The Labute approximate surface area is 113 Å². The molecule has 0 heterocycles. The van der Waals surface area contributed by atoms with E-state index < -0.39 is 5.97 Å². The summed E-state index contributed by atoms with van der Waals surface area (Å²) < 4.78 is 0. The van der Waals surface area contributed by atoms with Gasteiger partial charge in [-0.25, -0.2) is 4.79 Å². The Balaban J connectivity index is 1.85. The summed E-state index contributed by atoms with van der Waals surface area (Å²) in [7, 11) is 0. The van der Waals surface area contributed by atoms with Crippen molar-refractivity contribution in [3.63, 3.8) is 0 Å². The molecule has 2 saturated carbocycles. The Hall–Kier alpha value is -1.71. The van der Waals surface area contributed by atoms with Gasteiger partial charge in [-0.05, 0) is 62.1 Å². The van der Waals surface area contributed by atoms with E-state index in [1.807, 2.05) is 13.0 Å². The van der Waals surface area contributed by atoms with E-state index in [4.69, 9.17) is 5.73 Å². The van der Waals surface area contributed by atoms with Crippen molar-refractivity contribution in [1.82, 2.24) is 0 Å². The molecule has 0 spiro atoms. The number of carboxylic acid groups (broad SMARTS) is 1. The number of hydrogen-bond acceptors (Lipinski definition) is 3. The van der Waals surface area contributed by atoms with Crippen molar-refractivity contribution in [1.29, 1.82) is 0 Å². The Bertz CT molecular complexity index is 507. The van der Waals surface area contributed by atoms with Crippen molar-refractivity contribution >= 4 is 17.3 Å². The lowest BCUT2D eigenvalue weighted by Gasteiger charge is -2.20. The smallest absolute Gasteiger partial charge is 0.337 e.